The van der Waals surface area contributed by atoms with Gasteiger partial charge in [-0.2, -0.15) is 4.98 Å². The van der Waals surface area contributed by atoms with Crippen molar-refractivity contribution in [2.24, 2.45) is 0 Å². The lowest BCUT2D eigenvalue weighted by atomic mass is 10.2. The van der Waals surface area contributed by atoms with Crippen molar-refractivity contribution in [1.29, 1.82) is 0 Å². The van der Waals surface area contributed by atoms with Crippen LogP contribution in [0.1, 0.15) is 19.8 Å². The zero-order chi connectivity index (χ0) is 19.4. The molecule has 0 fully saturated rings. The van der Waals surface area contributed by atoms with Crippen LogP contribution in [-0.2, 0) is 10.0 Å². The predicted octanol–water partition coefficient (Wildman–Crippen LogP) is 3.96. The van der Waals surface area contributed by atoms with E-state index in [0.717, 1.165) is 12.8 Å². The molecule has 3 rings (SSSR count). The molecule has 1 heterocycles. The largest absolute Gasteiger partial charge is 0.334 e. The summed E-state index contributed by atoms with van der Waals surface area (Å²) in [5.74, 6) is -0.0112. The zero-order valence-corrected chi connectivity index (χ0v) is 15.9. The molecule has 0 aliphatic rings. The number of unbranched alkanes of at least 4 members (excludes halogenated alkanes) is 1. The first kappa shape index (κ1) is 19.2. The fourth-order valence-electron chi connectivity index (χ4n) is 2.59. The van der Waals surface area contributed by atoms with Gasteiger partial charge in [0.25, 0.3) is 5.89 Å². The van der Waals surface area contributed by atoms with E-state index in [0.29, 0.717) is 17.7 Å². The molecule has 27 heavy (non-hydrogen) atoms. The van der Waals surface area contributed by atoms with Crippen LogP contribution in [0.5, 0.6) is 0 Å². The molecule has 0 radical (unpaired) electrons. The number of halogens is 1. The summed E-state index contributed by atoms with van der Waals surface area (Å²) in [4.78, 5) is 4.40. The van der Waals surface area contributed by atoms with E-state index in [1.807, 2.05) is 6.92 Å². The van der Waals surface area contributed by atoms with Crippen LogP contribution in [0.4, 0.5) is 4.39 Å². The van der Waals surface area contributed by atoms with Gasteiger partial charge < -0.3 is 4.52 Å². The lowest BCUT2D eigenvalue weighted by Gasteiger charge is -2.18. The Morgan fingerprint density at radius 3 is 2.52 bits per heavy atom. The van der Waals surface area contributed by atoms with Gasteiger partial charge in [-0.15, -0.1) is 0 Å². The van der Waals surface area contributed by atoms with E-state index in [2.05, 4.69) is 10.1 Å². The molecule has 0 bridgehead atoms. The summed E-state index contributed by atoms with van der Waals surface area (Å²) >= 11 is 0. The van der Waals surface area contributed by atoms with Gasteiger partial charge in [-0.3, -0.25) is 0 Å². The van der Waals surface area contributed by atoms with E-state index in [1.54, 1.807) is 25.2 Å². The van der Waals surface area contributed by atoms with Crippen LogP contribution in [0.15, 0.2) is 57.9 Å². The van der Waals surface area contributed by atoms with Crippen molar-refractivity contribution in [3.63, 3.8) is 0 Å². The molecule has 2 aromatic carbocycles. The van der Waals surface area contributed by atoms with Gasteiger partial charge in [0.15, 0.2) is 0 Å². The molecule has 0 aliphatic heterocycles. The Balaban J connectivity index is 1.98. The fraction of sp³-hybridized carbons (Fsp3) is 0.263. The molecule has 8 heteroatoms. The molecule has 0 N–H and O–H groups in total. The van der Waals surface area contributed by atoms with E-state index < -0.39 is 10.0 Å². The van der Waals surface area contributed by atoms with Gasteiger partial charge in [0, 0.05) is 19.2 Å². The van der Waals surface area contributed by atoms with Crippen LogP contribution in [0.3, 0.4) is 0 Å². The Hall–Kier alpha value is -2.58. The van der Waals surface area contributed by atoms with Gasteiger partial charge in [-0.05, 0) is 42.8 Å². The summed E-state index contributed by atoms with van der Waals surface area (Å²) < 4.78 is 45.6. The SMILES string of the molecule is CCCCN(C)S(=O)(=O)c1ccccc1-c1nc(-c2ccc(F)cc2)no1. The van der Waals surface area contributed by atoms with Crippen LogP contribution in [-0.4, -0.2) is 36.5 Å². The Bertz CT molecular complexity index is 1020. The van der Waals surface area contributed by atoms with Gasteiger partial charge in [-0.25, -0.2) is 17.1 Å². The summed E-state index contributed by atoms with van der Waals surface area (Å²) in [6, 6.07) is 12.2. The maximum atomic E-state index is 13.1. The minimum Gasteiger partial charge on any atom is -0.334 e. The summed E-state index contributed by atoms with van der Waals surface area (Å²) in [7, 11) is -2.14. The molecule has 1 aromatic heterocycles. The Labute approximate surface area is 157 Å². The zero-order valence-electron chi connectivity index (χ0n) is 15.1. The van der Waals surface area contributed by atoms with Crippen molar-refractivity contribution in [2.75, 3.05) is 13.6 Å². The number of rotatable bonds is 7. The number of benzene rings is 2. The molecule has 0 spiro atoms. The third kappa shape index (κ3) is 4.06. The van der Waals surface area contributed by atoms with Crippen molar-refractivity contribution >= 4 is 10.0 Å². The molecule has 0 saturated heterocycles. The summed E-state index contributed by atoms with van der Waals surface area (Å²) in [6.45, 7) is 2.43. The smallest absolute Gasteiger partial charge is 0.259 e. The maximum Gasteiger partial charge on any atom is 0.259 e. The predicted molar refractivity (Wildman–Crippen MR) is 99.9 cm³/mol. The number of nitrogens with zero attached hydrogens (tertiary/aromatic N) is 3. The number of hydrogen-bond donors (Lipinski definition) is 0. The van der Waals surface area contributed by atoms with Crippen molar-refractivity contribution < 1.29 is 17.3 Å². The molecule has 0 aliphatic carbocycles. The standard InChI is InChI=1S/C19H20FN3O3S/c1-3-4-13-23(2)27(24,25)17-8-6-5-7-16(17)19-21-18(22-26-19)14-9-11-15(20)12-10-14/h5-12H,3-4,13H2,1-2H3. The van der Waals surface area contributed by atoms with Crippen molar-refractivity contribution in [3.05, 3.63) is 54.3 Å². The van der Waals surface area contributed by atoms with E-state index in [1.165, 1.54) is 34.6 Å². The van der Waals surface area contributed by atoms with Crippen LogP contribution < -0.4 is 0 Å². The quantitative estimate of drug-likeness (QED) is 0.611. The molecule has 0 amide bonds. The molecule has 0 unspecified atom stereocenters. The minimum atomic E-state index is -3.70. The first-order chi connectivity index (χ1) is 12.9. The summed E-state index contributed by atoms with van der Waals surface area (Å²) in [5.41, 5.74) is 0.911. The summed E-state index contributed by atoms with van der Waals surface area (Å²) in [5, 5.41) is 3.89. The normalized spacial score (nSPS) is 11.9. The van der Waals surface area contributed by atoms with E-state index in [4.69, 9.17) is 4.52 Å². The Morgan fingerprint density at radius 2 is 1.81 bits per heavy atom. The van der Waals surface area contributed by atoms with Crippen LogP contribution >= 0.6 is 0 Å². The third-order valence-corrected chi connectivity index (χ3v) is 6.08. The van der Waals surface area contributed by atoms with Gasteiger partial charge in [0.1, 0.15) is 5.82 Å². The lowest BCUT2D eigenvalue weighted by molar-refractivity contribution is 0.430. The highest BCUT2D eigenvalue weighted by molar-refractivity contribution is 7.89. The highest BCUT2D eigenvalue weighted by Crippen LogP contribution is 2.29. The number of hydrogen-bond acceptors (Lipinski definition) is 5. The topological polar surface area (TPSA) is 76.3 Å². The highest BCUT2D eigenvalue weighted by Gasteiger charge is 2.26. The molecular formula is C19H20FN3O3S. The average Bonchev–Trinajstić information content (AvgIpc) is 3.16. The number of aromatic nitrogens is 2. The monoisotopic (exact) mass is 389 g/mol. The van der Waals surface area contributed by atoms with E-state index in [-0.39, 0.29) is 22.4 Å². The highest BCUT2D eigenvalue weighted by atomic mass is 32.2. The molecule has 0 saturated carbocycles. The van der Waals surface area contributed by atoms with Crippen molar-refractivity contribution in [2.45, 2.75) is 24.7 Å². The van der Waals surface area contributed by atoms with Gasteiger partial charge in [-0.1, -0.05) is 30.6 Å². The second-order valence-corrected chi connectivity index (χ2v) is 8.12. The van der Waals surface area contributed by atoms with E-state index in [9.17, 15) is 12.8 Å². The lowest BCUT2D eigenvalue weighted by Crippen LogP contribution is -2.28. The number of sulfonamides is 1. The summed E-state index contributed by atoms with van der Waals surface area (Å²) in [6.07, 6.45) is 1.67. The first-order valence-electron chi connectivity index (χ1n) is 8.59. The first-order valence-corrected chi connectivity index (χ1v) is 10.0. The molecule has 6 nitrogen and oxygen atoms in total. The van der Waals surface area contributed by atoms with E-state index >= 15 is 0 Å². The molecule has 3 aromatic rings. The fourth-order valence-corrected chi connectivity index (χ4v) is 3.98. The van der Waals surface area contributed by atoms with Crippen LogP contribution in [0.2, 0.25) is 0 Å². The minimum absolute atomic E-state index is 0.0948. The second kappa shape index (κ2) is 7.98. The third-order valence-electron chi connectivity index (χ3n) is 4.16. The molecule has 142 valence electrons. The Kier molecular flexibility index (Phi) is 5.67. The molecular weight excluding hydrogens is 369 g/mol. The van der Waals surface area contributed by atoms with Gasteiger partial charge >= 0.3 is 0 Å². The van der Waals surface area contributed by atoms with Crippen LogP contribution in [0, 0.1) is 5.82 Å². The van der Waals surface area contributed by atoms with Crippen LogP contribution in [0.25, 0.3) is 22.8 Å². The van der Waals surface area contributed by atoms with Crippen molar-refractivity contribution in [3.8, 4) is 22.8 Å². The maximum absolute atomic E-state index is 13.1. The Morgan fingerprint density at radius 1 is 1.11 bits per heavy atom. The average molecular weight is 389 g/mol. The van der Waals surface area contributed by atoms with Gasteiger partial charge in [0.2, 0.25) is 15.8 Å². The van der Waals surface area contributed by atoms with Gasteiger partial charge in [0.05, 0.1) is 10.5 Å². The molecule has 0 atom stereocenters. The second-order valence-electron chi connectivity index (χ2n) is 6.11. The van der Waals surface area contributed by atoms with Crippen molar-refractivity contribution in [1.82, 2.24) is 14.4 Å².